The molecule has 0 aromatic heterocycles. The number of hydrogen-bond acceptors (Lipinski definition) is 4. The van der Waals surface area contributed by atoms with Crippen LogP contribution in [-0.4, -0.2) is 24.0 Å². The average molecular weight is 378 g/mol. The van der Waals surface area contributed by atoms with E-state index in [1.165, 1.54) is 6.07 Å². The molecule has 6 heteroatoms. The number of rotatable bonds is 6. The second-order valence-electron chi connectivity index (χ2n) is 5.76. The van der Waals surface area contributed by atoms with Crippen LogP contribution in [0.4, 0.5) is 4.39 Å². The van der Waals surface area contributed by atoms with Crippen LogP contribution in [0.3, 0.4) is 0 Å². The standard InChI is InChI=1S/C19H20FNO2S2/c1-13-6-7-14(10-16(13)20)11-21-18(22)12-23-17-5-3-2-4-15(17)19-24-8-9-25-19/h2-7,10,19H,8-9,11-12H2,1H3,(H,21,22). The number of carbonyl (C=O) groups excluding carboxylic acids is 1. The Morgan fingerprint density at radius 2 is 2.00 bits per heavy atom. The van der Waals surface area contributed by atoms with Gasteiger partial charge < -0.3 is 10.1 Å². The lowest BCUT2D eigenvalue weighted by molar-refractivity contribution is -0.123. The lowest BCUT2D eigenvalue weighted by Crippen LogP contribution is -2.28. The van der Waals surface area contributed by atoms with E-state index < -0.39 is 0 Å². The first kappa shape index (κ1) is 18.1. The molecular weight excluding hydrogens is 357 g/mol. The Morgan fingerprint density at radius 1 is 1.24 bits per heavy atom. The van der Waals surface area contributed by atoms with Gasteiger partial charge >= 0.3 is 0 Å². The molecule has 1 saturated heterocycles. The number of aryl methyl sites for hydroxylation is 1. The van der Waals surface area contributed by atoms with Crippen LogP contribution >= 0.6 is 23.5 Å². The number of hydrogen-bond donors (Lipinski definition) is 1. The van der Waals surface area contributed by atoms with E-state index in [0.29, 0.717) is 10.1 Å². The second-order valence-corrected chi connectivity index (χ2v) is 8.48. The van der Waals surface area contributed by atoms with Gasteiger partial charge in [0.25, 0.3) is 5.91 Å². The number of nitrogens with one attached hydrogen (secondary N) is 1. The van der Waals surface area contributed by atoms with Crippen molar-refractivity contribution < 1.29 is 13.9 Å². The van der Waals surface area contributed by atoms with Gasteiger partial charge in [0.05, 0.1) is 4.58 Å². The number of para-hydroxylation sites is 1. The van der Waals surface area contributed by atoms with Gasteiger partial charge in [0.2, 0.25) is 0 Å². The third-order valence-electron chi connectivity index (χ3n) is 3.88. The fourth-order valence-corrected chi connectivity index (χ4v) is 5.39. The fourth-order valence-electron chi connectivity index (χ4n) is 2.49. The van der Waals surface area contributed by atoms with E-state index in [0.717, 1.165) is 28.4 Å². The molecule has 25 heavy (non-hydrogen) atoms. The van der Waals surface area contributed by atoms with Crippen molar-refractivity contribution in [2.75, 3.05) is 18.1 Å². The SMILES string of the molecule is Cc1ccc(CNC(=O)COc2ccccc2C2SCCS2)cc1F. The molecule has 1 aliphatic heterocycles. The lowest BCUT2D eigenvalue weighted by atomic mass is 10.1. The minimum absolute atomic E-state index is 0.0482. The van der Waals surface area contributed by atoms with E-state index in [9.17, 15) is 9.18 Å². The van der Waals surface area contributed by atoms with Gasteiger partial charge in [0.1, 0.15) is 11.6 Å². The Morgan fingerprint density at radius 3 is 2.76 bits per heavy atom. The van der Waals surface area contributed by atoms with Crippen LogP contribution in [0.25, 0.3) is 0 Å². The predicted molar refractivity (Wildman–Crippen MR) is 103 cm³/mol. The first-order valence-electron chi connectivity index (χ1n) is 8.10. The maximum Gasteiger partial charge on any atom is 0.258 e. The van der Waals surface area contributed by atoms with Gasteiger partial charge in [0.15, 0.2) is 6.61 Å². The molecule has 0 saturated carbocycles. The molecule has 1 heterocycles. The summed E-state index contributed by atoms with van der Waals surface area (Å²) in [5, 5.41) is 2.76. The molecule has 3 rings (SSSR count). The highest BCUT2D eigenvalue weighted by atomic mass is 32.2. The minimum Gasteiger partial charge on any atom is -0.483 e. The highest BCUT2D eigenvalue weighted by Gasteiger charge is 2.21. The van der Waals surface area contributed by atoms with Gasteiger partial charge in [0, 0.05) is 23.6 Å². The van der Waals surface area contributed by atoms with E-state index in [-0.39, 0.29) is 24.9 Å². The number of carbonyl (C=O) groups is 1. The van der Waals surface area contributed by atoms with E-state index in [1.807, 2.05) is 47.8 Å². The van der Waals surface area contributed by atoms with E-state index >= 15 is 0 Å². The molecule has 0 spiro atoms. The molecule has 1 aliphatic rings. The largest absolute Gasteiger partial charge is 0.483 e. The molecule has 0 unspecified atom stereocenters. The Hall–Kier alpha value is -1.66. The summed E-state index contributed by atoms with van der Waals surface area (Å²) >= 11 is 3.80. The number of benzene rings is 2. The highest BCUT2D eigenvalue weighted by molar-refractivity contribution is 8.19. The maximum atomic E-state index is 13.5. The van der Waals surface area contributed by atoms with Crippen molar-refractivity contribution in [3.63, 3.8) is 0 Å². The van der Waals surface area contributed by atoms with Crippen molar-refractivity contribution in [3.8, 4) is 5.75 Å². The van der Waals surface area contributed by atoms with Crippen LogP contribution in [0.15, 0.2) is 42.5 Å². The Kier molecular flexibility index (Phi) is 6.26. The molecule has 1 amide bonds. The van der Waals surface area contributed by atoms with E-state index in [1.54, 1.807) is 13.0 Å². The predicted octanol–water partition coefficient (Wildman–Crippen LogP) is 4.31. The molecule has 0 atom stereocenters. The van der Waals surface area contributed by atoms with Crippen LogP contribution in [0.5, 0.6) is 5.75 Å². The number of halogens is 1. The zero-order chi connectivity index (χ0) is 17.6. The molecular formula is C19H20FNO2S2. The monoisotopic (exact) mass is 377 g/mol. The molecule has 2 aromatic rings. The van der Waals surface area contributed by atoms with Crippen LogP contribution in [0.1, 0.15) is 21.3 Å². The normalized spacial score (nSPS) is 14.5. The third kappa shape index (κ3) is 4.92. The summed E-state index contributed by atoms with van der Waals surface area (Å²) in [5.41, 5.74) is 2.46. The zero-order valence-electron chi connectivity index (χ0n) is 14.0. The molecule has 0 radical (unpaired) electrons. The van der Waals surface area contributed by atoms with E-state index in [2.05, 4.69) is 11.4 Å². The summed E-state index contributed by atoms with van der Waals surface area (Å²) in [6.45, 7) is 1.95. The number of ether oxygens (including phenoxy) is 1. The van der Waals surface area contributed by atoms with Crippen LogP contribution in [0.2, 0.25) is 0 Å². The van der Waals surface area contributed by atoms with Crippen LogP contribution in [-0.2, 0) is 11.3 Å². The minimum atomic E-state index is -0.261. The highest BCUT2D eigenvalue weighted by Crippen LogP contribution is 2.48. The topological polar surface area (TPSA) is 38.3 Å². The summed E-state index contributed by atoms with van der Waals surface area (Å²) in [6.07, 6.45) is 0. The van der Waals surface area contributed by atoms with Crippen molar-refractivity contribution in [2.24, 2.45) is 0 Å². The number of amides is 1. The van der Waals surface area contributed by atoms with Gasteiger partial charge in [-0.1, -0.05) is 30.3 Å². The lowest BCUT2D eigenvalue weighted by Gasteiger charge is -2.15. The summed E-state index contributed by atoms with van der Waals surface area (Å²) in [4.78, 5) is 12.0. The molecule has 132 valence electrons. The first-order chi connectivity index (χ1) is 12.1. The summed E-state index contributed by atoms with van der Waals surface area (Å²) in [5.74, 6) is 2.55. The van der Waals surface area contributed by atoms with Gasteiger partial charge in [-0.25, -0.2) is 4.39 Å². The van der Waals surface area contributed by atoms with Crippen molar-refractivity contribution in [1.29, 1.82) is 0 Å². The zero-order valence-corrected chi connectivity index (χ0v) is 15.6. The van der Waals surface area contributed by atoms with Crippen LogP contribution in [0, 0.1) is 12.7 Å². The quantitative estimate of drug-likeness (QED) is 0.814. The van der Waals surface area contributed by atoms with Gasteiger partial charge in [-0.15, -0.1) is 23.5 Å². The van der Waals surface area contributed by atoms with Crippen molar-refractivity contribution in [3.05, 3.63) is 65.0 Å². The summed E-state index contributed by atoms with van der Waals surface area (Å²) in [7, 11) is 0. The Balaban J connectivity index is 1.53. The molecule has 3 nitrogen and oxygen atoms in total. The number of thioether (sulfide) groups is 2. The smallest absolute Gasteiger partial charge is 0.258 e. The summed E-state index contributed by atoms with van der Waals surface area (Å²) < 4.78 is 19.6. The van der Waals surface area contributed by atoms with Gasteiger partial charge in [-0.05, 0) is 30.2 Å². The maximum absolute atomic E-state index is 13.5. The van der Waals surface area contributed by atoms with Crippen LogP contribution < -0.4 is 10.1 Å². The van der Waals surface area contributed by atoms with Gasteiger partial charge in [-0.3, -0.25) is 4.79 Å². The fraction of sp³-hybridized carbons (Fsp3) is 0.316. The van der Waals surface area contributed by atoms with E-state index in [4.69, 9.17) is 4.74 Å². The van der Waals surface area contributed by atoms with Crippen molar-refractivity contribution in [1.82, 2.24) is 5.32 Å². The average Bonchev–Trinajstić information content (AvgIpc) is 3.15. The molecule has 2 aromatic carbocycles. The van der Waals surface area contributed by atoms with Gasteiger partial charge in [-0.2, -0.15) is 0 Å². The van der Waals surface area contributed by atoms with Crippen molar-refractivity contribution in [2.45, 2.75) is 18.1 Å². The molecule has 0 aliphatic carbocycles. The molecule has 1 N–H and O–H groups in total. The summed E-state index contributed by atoms with van der Waals surface area (Å²) in [6, 6.07) is 12.8. The van der Waals surface area contributed by atoms with Crippen molar-refractivity contribution >= 4 is 29.4 Å². The molecule has 1 fully saturated rings. The Bertz CT molecular complexity index is 748. The second kappa shape index (κ2) is 8.63. The molecule has 0 bridgehead atoms. The first-order valence-corrected chi connectivity index (χ1v) is 10.2. The Labute approximate surface area is 155 Å². The third-order valence-corrected chi connectivity index (χ3v) is 6.95.